The second-order valence-corrected chi connectivity index (χ2v) is 2.92. The molecule has 0 bridgehead atoms. The Morgan fingerprint density at radius 1 is 1.45 bits per heavy atom. The van der Waals surface area contributed by atoms with Crippen LogP contribution in [0.1, 0.15) is 12.8 Å². The van der Waals surface area contributed by atoms with Gasteiger partial charge in [0.25, 0.3) is 0 Å². The Morgan fingerprint density at radius 2 is 2.36 bits per heavy atom. The van der Waals surface area contributed by atoms with Crippen LogP contribution in [0.3, 0.4) is 0 Å². The summed E-state index contributed by atoms with van der Waals surface area (Å²) in [5, 5.41) is 7.21. The quantitative estimate of drug-likeness (QED) is 0.491. The van der Waals surface area contributed by atoms with Crippen molar-refractivity contribution in [3.63, 3.8) is 0 Å². The lowest BCUT2D eigenvalue weighted by Gasteiger charge is -2.02. The minimum atomic E-state index is 0.0602. The first-order valence-electron chi connectivity index (χ1n) is 3.95. The molecule has 0 saturated carbocycles. The van der Waals surface area contributed by atoms with Crippen LogP contribution in [0.2, 0.25) is 0 Å². The maximum Gasteiger partial charge on any atom is 0.248 e. The van der Waals surface area contributed by atoms with Crippen molar-refractivity contribution in [3.05, 3.63) is 0 Å². The molecule has 1 fully saturated rings. The molecule has 1 unspecified atom stereocenters. The van der Waals surface area contributed by atoms with Gasteiger partial charge in [0, 0.05) is 13.0 Å². The molecule has 0 spiro atoms. The van der Waals surface area contributed by atoms with E-state index in [0.717, 1.165) is 31.6 Å². The molecule has 2 aliphatic heterocycles. The van der Waals surface area contributed by atoms with Gasteiger partial charge in [-0.25, -0.2) is 5.43 Å². The van der Waals surface area contributed by atoms with Crippen molar-refractivity contribution < 1.29 is 4.79 Å². The van der Waals surface area contributed by atoms with E-state index in [-0.39, 0.29) is 11.8 Å². The van der Waals surface area contributed by atoms with E-state index in [1.54, 1.807) is 0 Å². The van der Waals surface area contributed by atoms with Crippen LogP contribution in [-0.2, 0) is 4.79 Å². The topological polar surface area (TPSA) is 53.5 Å². The van der Waals surface area contributed by atoms with Crippen LogP contribution < -0.4 is 10.7 Å². The summed E-state index contributed by atoms with van der Waals surface area (Å²) in [7, 11) is 0. The van der Waals surface area contributed by atoms with Crippen molar-refractivity contribution in [1.82, 2.24) is 10.7 Å². The maximum absolute atomic E-state index is 11.1. The number of hydrazone groups is 1. The first-order chi connectivity index (χ1) is 5.38. The van der Waals surface area contributed by atoms with Crippen molar-refractivity contribution in [2.45, 2.75) is 12.8 Å². The van der Waals surface area contributed by atoms with Gasteiger partial charge in [-0.05, 0) is 13.0 Å². The summed E-state index contributed by atoms with van der Waals surface area (Å²) in [5.41, 5.74) is 3.54. The summed E-state index contributed by atoms with van der Waals surface area (Å²) in [6.07, 6.45) is 1.80. The van der Waals surface area contributed by atoms with Gasteiger partial charge in [0.05, 0.1) is 11.6 Å². The number of nitrogens with zero attached hydrogens (tertiary/aromatic N) is 1. The average Bonchev–Trinajstić information content (AvgIpc) is 2.25. The Labute approximate surface area is 65.0 Å². The molecule has 0 aliphatic carbocycles. The predicted octanol–water partition coefficient (Wildman–Crippen LogP) is -0.528. The van der Waals surface area contributed by atoms with Crippen LogP contribution in [0.15, 0.2) is 5.10 Å². The van der Waals surface area contributed by atoms with Gasteiger partial charge in [-0.15, -0.1) is 0 Å². The van der Waals surface area contributed by atoms with Crippen LogP contribution >= 0.6 is 0 Å². The van der Waals surface area contributed by atoms with Gasteiger partial charge in [0.15, 0.2) is 0 Å². The minimum Gasteiger partial charge on any atom is -0.316 e. The van der Waals surface area contributed by atoms with E-state index in [1.165, 1.54) is 0 Å². The highest BCUT2D eigenvalue weighted by Crippen LogP contribution is 2.15. The molecule has 11 heavy (non-hydrogen) atoms. The Morgan fingerprint density at radius 3 is 3.27 bits per heavy atom. The maximum atomic E-state index is 11.1. The summed E-state index contributed by atoms with van der Waals surface area (Å²) >= 11 is 0. The Hall–Kier alpha value is -0.900. The second kappa shape index (κ2) is 2.62. The van der Waals surface area contributed by atoms with Crippen molar-refractivity contribution in [2.24, 2.45) is 11.0 Å². The highest BCUT2D eigenvalue weighted by Gasteiger charge is 2.30. The van der Waals surface area contributed by atoms with E-state index in [0.29, 0.717) is 0 Å². The molecule has 60 valence electrons. The smallest absolute Gasteiger partial charge is 0.248 e. The van der Waals surface area contributed by atoms with Crippen molar-refractivity contribution >= 4 is 11.6 Å². The van der Waals surface area contributed by atoms with Gasteiger partial charge in [-0.2, -0.15) is 5.10 Å². The number of rotatable bonds is 0. The van der Waals surface area contributed by atoms with E-state index in [1.807, 2.05) is 0 Å². The standard InChI is InChI=1S/C7H11N3O/c11-7-5-1-3-8-4-2-6(5)9-10-7/h5,8H,1-4H2,(H,10,11). The minimum absolute atomic E-state index is 0.0602. The molecule has 1 atom stereocenters. The highest BCUT2D eigenvalue weighted by atomic mass is 16.2. The zero-order valence-electron chi connectivity index (χ0n) is 6.26. The number of carbonyl (C=O) groups is 1. The van der Waals surface area contributed by atoms with Crippen LogP contribution in [0.5, 0.6) is 0 Å². The van der Waals surface area contributed by atoms with Crippen molar-refractivity contribution in [1.29, 1.82) is 0 Å². The van der Waals surface area contributed by atoms with E-state index in [9.17, 15) is 4.79 Å². The molecule has 2 N–H and O–H groups in total. The number of hydrogen-bond acceptors (Lipinski definition) is 3. The highest BCUT2D eigenvalue weighted by molar-refractivity contribution is 6.08. The predicted molar refractivity (Wildman–Crippen MR) is 41.2 cm³/mol. The monoisotopic (exact) mass is 153 g/mol. The Kier molecular flexibility index (Phi) is 1.62. The molecule has 2 rings (SSSR count). The van der Waals surface area contributed by atoms with Crippen LogP contribution in [0, 0.1) is 5.92 Å². The van der Waals surface area contributed by atoms with Crippen molar-refractivity contribution in [3.8, 4) is 0 Å². The van der Waals surface area contributed by atoms with Crippen LogP contribution in [0.25, 0.3) is 0 Å². The van der Waals surface area contributed by atoms with Crippen LogP contribution in [0.4, 0.5) is 0 Å². The fourth-order valence-electron chi connectivity index (χ4n) is 1.55. The number of amides is 1. The molecule has 0 aromatic carbocycles. The third kappa shape index (κ3) is 1.14. The van der Waals surface area contributed by atoms with Gasteiger partial charge < -0.3 is 5.32 Å². The zero-order valence-corrected chi connectivity index (χ0v) is 6.26. The van der Waals surface area contributed by atoms with E-state index < -0.39 is 0 Å². The third-order valence-electron chi connectivity index (χ3n) is 2.20. The molecule has 1 amide bonds. The number of carbonyl (C=O) groups excluding carboxylic acids is 1. The third-order valence-corrected chi connectivity index (χ3v) is 2.20. The van der Waals surface area contributed by atoms with Gasteiger partial charge in [-0.3, -0.25) is 4.79 Å². The fraction of sp³-hybridized carbons (Fsp3) is 0.714. The van der Waals surface area contributed by atoms with Crippen molar-refractivity contribution in [2.75, 3.05) is 13.1 Å². The molecule has 0 radical (unpaired) electrons. The molecular weight excluding hydrogens is 142 g/mol. The van der Waals surface area contributed by atoms with E-state index in [2.05, 4.69) is 15.8 Å². The Balaban J connectivity index is 2.15. The number of nitrogens with one attached hydrogen (secondary N) is 2. The zero-order chi connectivity index (χ0) is 7.68. The van der Waals surface area contributed by atoms with E-state index >= 15 is 0 Å². The fourth-order valence-corrected chi connectivity index (χ4v) is 1.55. The summed E-state index contributed by atoms with van der Waals surface area (Å²) in [4.78, 5) is 11.1. The molecular formula is C7H11N3O. The average molecular weight is 153 g/mol. The van der Waals surface area contributed by atoms with Crippen LogP contribution in [-0.4, -0.2) is 24.7 Å². The normalized spacial score (nSPS) is 30.4. The molecule has 4 heteroatoms. The lowest BCUT2D eigenvalue weighted by Crippen LogP contribution is -2.23. The molecule has 2 heterocycles. The first kappa shape index (κ1) is 6.79. The second-order valence-electron chi connectivity index (χ2n) is 2.92. The van der Waals surface area contributed by atoms with Gasteiger partial charge in [0.1, 0.15) is 0 Å². The largest absolute Gasteiger partial charge is 0.316 e. The molecule has 2 aliphatic rings. The lowest BCUT2D eigenvalue weighted by atomic mass is 9.99. The summed E-state index contributed by atoms with van der Waals surface area (Å²) < 4.78 is 0. The van der Waals surface area contributed by atoms with Gasteiger partial charge >= 0.3 is 0 Å². The van der Waals surface area contributed by atoms with E-state index in [4.69, 9.17) is 0 Å². The summed E-state index contributed by atoms with van der Waals surface area (Å²) in [5.74, 6) is 0.133. The number of fused-ring (bicyclic) bond motifs is 1. The van der Waals surface area contributed by atoms with Gasteiger partial charge in [0.2, 0.25) is 5.91 Å². The molecule has 0 aromatic heterocycles. The first-order valence-corrected chi connectivity index (χ1v) is 3.95. The Bertz CT molecular complexity index is 212. The molecule has 1 saturated heterocycles. The SMILES string of the molecule is O=C1NN=C2CCNCCC12. The summed E-state index contributed by atoms with van der Waals surface area (Å²) in [6.45, 7) is 1.88. The summed E-state index contributed by atoms with van der Waals surface area (Å²) in [6, 6.07) is 0. The van der Waals surface area contributed by atoms with Gasteiger partial charge in [-0.1, -0.05) is 0 Å². The lowest BCUT2D eigenvalue weighted by molar-refractivity contribution is -0.122. The number of hydrogen-bond donors (Lipinski definition) is 2. The molecule has 0 aromatic rings. The molecule has 4 nitrogen and oxygen atoms in total.